The van der Waals surface area contributed by atoms with Crippen LogP contribution in [0.25, 0.3) is 11.0 Å². The van der Waals surface area contributed by atoms with Gasteiger partial charge < -0.3 is 9.88 Å². The Labute approximate surface area is 174 Å². The van der Waals surface area contributed by atoms with Crippen molar-refractivity contribution in [1.82, 2.24) is 19.9 Å². The summed E-state index contributed by atoms with van der Waals surface area (Å²) in [7, 11) is 0. The molecule has 3 heterocycles. The maximum Gasteiger partial charge on any atom is 0.326 e. The number of hydrogen-bond donors (Lipinski definition) is 2. The van der Waals surface area contributed by atoms with E-state index >= 15 is 0 Å². The number of H-pyrrole nitrogens is 1. The number of imidazole rings is 1. The molecule has 6 nitrogen and oxygen atoms in total. The van der Waals surface area contributed by atoms with Crippen LogP contribution in [0.2, 0.25) is 5.02 Å². The van der Waals surface area contributed by atoms with E-state index in [1.54, 1.807) is 0 Å². The molecule has 2 aliphatic heterocycles. The molecule has 0 radical (unpaired) electrons. The van der Waals surface area contributed by atoms with E-state index in [-0.39, 0.29) is 17.8 Å². The highest BCUT2D eigenvalue weighted by atomic mass is 35.5. The Morgan fingerprint density at radius 3 is 2.69 bits per heavy atom. The molecule has 2 aromatic carbocycles. The summed E-state index contributed by atoms with van der Waals surface area (Å²) in [6.45, 7) is 2.90. The zero-order valence-corrected chi connectivity index (χ0v) is 16.9. The van der Waals surface area contributed by atoms with Crippen molar-refractivity contribution in [1.29, 1.82) is 0 Å². The minimum Gasteiger partial charge on any atom is -0.306 e. The number of benzene rings is 2. The van der Waals surface area contributed by atoms with E-state index in [1.807, 2.05) is 28.8 Å². The molecular weight excluding hydrogens is 388 g/mol. The van der Waals surface area contributed by atoms with Gasteiger partial charge in [-0.15, -0.1) is 0 Å². The highest BCUT2D eigenvalue weighted by molar-refractivity contribution is 6.31. The number of hydroxylamine groups is 1. The van der Waals surface area contributed by atoms with Gasteiger partial charge in [-0.3, -0.25) is 9.40 Å². The molecule has 2 saturated heterocycles. The van der Waals surface area contributed by atoms with Crippen molar-refractivity contribution < 1.29 is 4.84 Å². The number of piperidine rings is 1. The maximum absolute atomic E-state index is 12.5. The fourth-order valence-corrected chi connectivity index (χ4v) is 4.81. The van der Waals surface area contributed by atoms with Crippen LogP contribution in [0.4, 0.5) is 0 Å². The minimum atomic E-state index is -0.0442. The molecule has 1 aromatic heterocycles. The molecule has 2 atom stereocenters. The van der Waals surface area contributed by atoms with E-state index in [4.69, 9.17) is 16.4 Å². The third-order valence-corrected chi connectivity index (χ3v) is 6.36. The molecule has 2 aliphatic rings. The summed E-state index contributed by atoms with van der Waals surface area (Å²) in [4.78, 5) is 23.7. The molecule has 2 fully saturated rings. The van der Waals surface area contributed by atoms with Crippen LogP contribution in [0.5, 0.6) is 0 Å². The summed E-state index contributed by atoms with van der Waals surface area (Å²) in [5, 5.41) is 0.656. The first-order chi connectivity index (χ1) is 14.2. The number of hydrogen-bond acceptors (Lipinski definition) is 4. The average molecular weight is 413 g/mol. The average Bonchev–Trinajstić information content (AvgIpc) is 3.33. The van der Waals surface area contributed by atoms with E-state index in [0.29, 0.717) is 11.1 Å². The Balaban J connectivity index is 1.20. The number of nitrogens with zero attached hydrogens (tertiary/aromatic N) is 2. The minimum absolute atomic E-state index is 0.0442. The summed E-state index contributed by atoms with van der Waals surface area (Å²) < 4.78 is 1.89. The van der Waals surface area contributed by atoms with E-state index in [1.165, 1.54) is 5.56 Å². The van der Waals surface area contributed by atoms with Gasteiger partial charge in [0.05, 0.1) is 11.0 Å². The van der Waals surface area contributed by atoms with Gasteiger partial charge >= 0.3 is 5.69 Å². The van der Waals surface area contributed by atoms with Gasteiger partial charge in [0.15, 0.2) is 0 Å². The molecule has 0 bridgehead atoms. The van der Waals surface area contributed by atoms with Crippen molar-refractivity contribution in [3.63, 3.8) is 0 Å². The zero-order chi connectivity index (χ0) is 19.8. The first-order valence-electron chi connectivity index (χ1n) is 10.3. The molecular formula is C22H25ClN4O2. The standard InChI is InChI=1S/C22H25ClN4O2/c23-16-6-7-19-20(12-16)27(22(28)24-19)18-8-10-26(11-9-18)14-17-13-21(29-25-17)15-4-2-1-3-5-15/h1-7,12,17-18,21,25H,8-11,13-14H2,(H,24,28). The third-order valence-electron chi connectivity index (χ3n) is 6.13. The highest BCUT2D eigenvalue weighted by Gasteiger charge is 2.30. The summed E-state index contributed by atoms with van der Waals surface area (Å²) in [5.41, 5.74) is 6.14. The first kappa shape index (κ1) is 18.9. The number of aromatic amines is 1. The van der Waals surface area contributed by atoms with Crippen molar-refractivity contribution in [3.05, 3.63) is 69.6 Å². The van der Waals surface area contributed by atoms with Crippen molar-refractivity contribution in [2.24, 2.45) is 0 Å². The third kappa shape index (κ3) is 3.85. The van der Waals surface area contributed by atoms with Crippen LogP contribution in [0.1, 0.15) is 37.0 Å². The van der Waals surface area contributed by atoms with Crippen LogP contribution < -0.4 is 11.2 Å². The Kier molecular flexibility index (Phi) is 5.18. The van der Waals surface area contributed by atoms with E-state index in [2.05, 4.69) is 39.6 Å². The second kappa shape index (κ2) is 7.95. The molecule has 0 saturated carbocycles. The van der Waals surface area contributed by atoms with E-state index in [0.717, 1.165) is 49.9 Å². The van der Waals surface area contributed by atoms with Crippen molar-refractivity contribution in [2.75, 3.05) is 19.6 Å². The topological polar surface area (TPSA) is 62.3 Å². The molecule has 2 unspecified atom stereocenters. The van der Waals surface area contributed by atoms with E-state index in [9.17, 15) is 4.79 Å². The predicted octanol–water partition coefficient (Wildman–Crippen LogP) is 3.65. The molecule has 29 heavy (non-hydrogen) atoms. The van der Waals surface area contributed by atoms with Gasteiger partial charge in [0.25, 0.3) is 0 Å². The molecule has 7 heteroatoms. The largest absolute Gasteiger partial charge is 0.326 e. The van der Waals surface area contributed by atoms with Gasteiger partial charge in [0.2, 0.25) is 0 Å². The SMILES string of the molecule is O=c1[nH]c2ccc(Cl)cc2n1C1CCN(CC2CC(c3ccccc3)ON2)CC1. The number of nitrogens with one attached hydrogen (secondary N) is 2. The number of halogens is 1. The molecule has 0 spiro atoms. The lowest BCUT2D eigenvalue weighted by Gasteiger charge is -2.33. The lowest BCUT2D eigenvalue weighted by Crippen LogP contribution is -2.42. The molecule has 0 aliphatic carbocycles. The van der Waals surface area contributed by atoms with Crippen LogP contribution in [-0.2, 0) is 4.84 Å². The van der Waals surface area contributed by atoms with E-state index < -0.39 is 0 Å². The van der Waals surface area contributed by atoms with Gasteiger partial charge in [-0.05, 0) is 43.0 Å². The summed E-state index contributed by atoms with van der Waals surface area (Å²) in [6, 6.07) is 16.5. The molecule has 0 amide bonds. The van der Waals surface area contributed by atoms with Crippen LogP contribution in [0, 0.1) is 0 Å². The molecule has 152 valence electrons. The van der Waals surface area contributed by atoms with Crippen molar-refractivity contribution in [2.45, 2.75) is 37.5 Å². The summed E-state index contributed by atoms with van der Waals surface area (Å²) in [6.07, 6.45) is 3.00. The Hall–Kier alpha value is -2.12. The fraction of sp³-hybridized carbons (Fsp3) is 0.409. The fourth-order valence-electron chi connectivity index (χ4n) is 4.65. The molecule has 2 N–H and O–H groups in total. The van der Waals surface area contributed by atoms with Gasteiger partial charge in [-0.25, -0.2) is 4.79 Å². The number of rotatable bonds is 4. The highest BCUT2D eigenvalue weighted by Crippen LogP contribution is 2.29. The maximum atomic E-state index is 12.5. The number of likely N-dealkylation sites (tertiary alicyclic amines) is 1. The molecule has 3 aromatic rings. The van der Waals surface area contributed by atoms with Gasteiger partial charge in [-0.1, -0.05) is 41.9 Å². The van der Waals surface area contributed by atoms with Crippen LogP contribution in [0.3, 0.4) is 0 Å². The smallest absolute Gasteiger partial charge is 0.306 e. The lowest BCUT2D eigenvalue weighted by molar-refractivity contribution is 0.0212. The second-order valence-corrected chi connectivity index (χ2v) is 8.50. The van der Waals surface area contributed by atoms with Crippen LogP contribution >= 0.6 is 11.6 Å². The summed E-state index contributed by atoms with van der Waals surface area (Å²) >= 11 is 6.16. The van der Waals surface area contributed by atoms with Crippen LogP contribution in [0.15, 0.2) is 53.3 Å². The van der Waals surface area contributed by atoms with Crippen molar-refractivity contribution >= 4 is 22.6 Å². The van der Waals surface area contributed by atoms with Crippen LogP contribution in [-0.4, -0.2) is 40.1 Å². The number of fused-ring (bicyclic) bond motifs is 1. The lowest BCUT2D eigenvalue weighted by atomic mass is 10.0. The summed E-state index contributed by atoms with van der Waals surface area (Å²) in [5.74, 6) is 0. The quantitative estimate of drug-likeness (QED) is 0.686. The zero-order valence-electron chi connectivity index (χ0n) is 16.2. The predicted molar refractivity (Wildman–Crippen MR) is 114 cm³/mol. The monoisotopic (exact) mass is 412 g/mol. The second-order valence-electron chi connectivity index (χ2n) is 8.06. The Morgan fingerprint density at radius 1 is 1.10 bits per heavy atom. The number of aromatic nitrogens is 2. The van der Waals surface area contributed by atoms with Gasteiger partial charge in [0, 0.05) is 36.7 Å². The Morgan fingerprint density at radius 2 is 1.90 bits per heavy atom. The molecule has 5 rings (SSSR count). The normalized spacial score (nSPS) is 23.8. The Bertz CT molecular complexity index is 1040. The van der Waals surface area contributed by atoms with Gasteiger partial charge in [0.1, 0.15) is 6.10 Å². The first-order valence-corrected chi connectivity index (χ1v) is 10.6. The van der Waals surface area contributed by atoms with Gasteiger partial charge in [-0.2, -0.15) is 5.48 Å². The van der Waals surface area contributed by atoms with Crippen molar-refractivity contribution in [3.8, 4) is 0 Å².